The average molecular weight is 232 g/mol. The van der Waals surface area contributed by atoms with Gasteiger partial charge in [-0.1, -0.05) is 0 Å². The average Bonchev–Trinajstić information content (AvgIpc) is 2.61. The minimum Gasteiger partial charge on any atom is -0.345 e. The number of nitrogens with one attached hydrogen (secondary N) is 1. The molecule has 0 bridgehead atoms. The van der Waals surface area contributed by atoms with E-state index >= 15 is 0 Å². The third-order valence-electron chi connectivity index (χ3n) is 1.62. The fourth-order valence-corrected chi connectivity index (χ4v) is 0.959. The normalized spacial score (nSPS) is 10.9. The predicted molar refractivity (Wildman–Crippen MR) is 46.0 cm³/mol. The van der Waals surface area contributed by atoms with Crippen LogP contribution in [-0.2, 0) is 11.3 Å². The number of halogens is 3. The summed E-state index contributed by atoms with van der Waals surface area (Å²) in [5.74, 6) is -0.853. The Morgan fingerprint density at radius 2 is 2.31 bits per heavy atom. The highest BCUT2D eigenvalue weighted by molar-refractivity contribution is 5.75. The molecule has 0 saturated heterocycles. The van der Waals surface area contributed by atoms with Crippen LogP contribution < -0.4 is 5.32 Å². The van der Waals surface area contributed by atoms with Gasteiger partial charge in [0.2, 0.25) is 11.7 Å². The van der Waals surface area contributed by atoms with Gasteiger partial charge in [-0.25, -0.2) is 4.98 Å². The van der Waals surface area contributed by atoms with E-state index in [4.69, 9.17) is 5.26 Å². The summed E-state index contributed by atoms with van der Waals surface area (Å²) < 4.78 is 36.4. The van der Waals surface area contributed by atoms with E-state index in [9.17, 15) is 18.0 Å². The van der Waals surface area contributed by atoms with Crippen LogP contribution in [-0.4, -0.2) is 28.2 Å². The molecule has 1 heterocycles. The summed E-state index contributed by atoms with van der Waals surface area (Å²) >= 11 is 0. The number of hydrogen-bond donors (Lipinski definition) is 1. The molecule has 8 heteroatoms. The molecule has 0 saturated carbocycles. The third kappa shape index (κ3) is 3.61. The number of carbonyl (C=O) groups is 1. The van der Waals surface area contributed by atoms with Crippen molar-refractivity contribution in [3.05, 3.63) is 18.2 Å². The zero-order chi connectivity index (χ0) is 12.2. The van der Waals surface area contributed by atoms with Gasteiger partial charge in [0.25, 0.3) is 0 Å². The largest absolute Gasteiger partial charge is 0.405 e. The molecule has 0 spiro atoms. The number of nitriles is 1. The number of rotatable bonds is 3. The second kappa shape index (κ2) is 4.65. The Balaban J connectivity index is 2.50. The molecule has 0 aliphatic heterocycles. The molecule has 1 rings (SSSR count). The van der Waals surface area contributed by atoms with Crippen LogP contribution in [0.4, 0.5) is 13.2 Å². The molecule has 0 radical (unpaired) electrons. The number of nitrogens with zero attached hydrogens (tertiary/aromatic N) is 3. The number of aromatic nitrogens is 2. The molecule has 86 valence electrons. The van der Waals surface area contributed by atoms with Crippen molar-refractivity contribution >= 4 is 5.91 Å². The lowest BCUT2D eigenvalue weighted by Gasteiger charge is -2.08. The van der Waals surface area contributed by atoms with Crippen molar-refractivity contribution in [2.24, 2.45) is 0 Å². The van der Waals surface area contributed by atoms with E-state index in [1.807, 2.05) is 0 Å². The first-order valence-electron chi connectivity index (χ1n) is 4.17. The van der Waals surface area contributed by atoms with E-state index in [2.05, 4.69) is 4.98 Å². The maximum atomic E-state index is 11.8. The molecule has 1 aromatic heterocycles. The Morgan fingerprint density at radius 1 is 1.62 bits per heavy atom. The van der Waals surface area contributed by atoms with Crippen LogP contribution >= 0.6 is 0 Å². The lowest BCUT2D eigenvalue weighted by Crippen LogP contribution is -2.35. The molecular weight excluding hydrogens is 225 g/mol. The smallest absolute Gasteiger partial charge is 0.345 e. The predicted octanol–water partition coefficient (Wildman–Crippen LogP) is 0.433. The number of carbonyl (C=O) groups excluding carboxylic acids is 1. The molecular formula is C8H7F3N4O. The fraction of sp³-hybridized carbons (Fsp3) is 0.375. The molecule has 0 atom stereocenters. The number of amides is 1. The van der Waals surface area contributed by atoms with E-state index in [-0.39, 0.29) is 12.4 Å². The number of imidazole rings is 1. The van der Waals surface area contributed by atoms with Gasteiger partial charge in [0, 0.05) is 12.4 Å². The molecule has 0 unspecified atom stereocenters. The van der Waals surface area contributed by atoms with Gasteiger partial charge in [-0.05, 0) is 0 Å². The lowest BCUT2D eigenvalue weighted by molar-refractivity contribution is -0.138. The van der Waals surface area contributed by atoms with Crippen molar-refractivity contribution in [3.8, 4) is 6.07 Å². The third-order valence-corrected chi connectivity index (χ3v) is 1.62. The summed E-state index contributed by atoms with van der Waals surface area (Å²) in [6, 6.07) is 1.70. The van der Waals surface area contributed by atoms with Gasteiger partial charge in [-0.2, -0.15) is 18.4 Å². The van der Waals surface area contributed by atoms with E-state index < -0.39 is 18.6 Å². The van der Waals surface area contributed by atoms with Crippen molar-refractivity contribution in [2.75, 3.05) is 6.54 Å². The Labute approximate surface area is 88.5 Å². The summed E-state index contributed by atoms with van der Waals surface area (Å²) in [5, 5.41) is 10.2. The topological polar surface area (TPSA) is 70.7 Å². The van der Waals surface area contributed by atoms with Crippen LogP contribution in [0.25, 0.3) is 0 Å². The Morgan fingerprint density at radius 3 is 2.88 bits per heavy atom. The van der Waals surface area contributed by atoms with Crippen molar-refractivity contribution in [3.63, 3.8) is 0 Å². The number of hydrogen-bond acceptors (Lipinski definition) is 3. The maximum absolute atomic E-state index is 11.8. The minimum atomic E-state index is -4.44. The van der Waals surface area contributed by atoms with E-state index in [0.717, 1.165) is 4.57 Å². The maximum Gasteiger partial charge on any atom is 0.405 e. The molecule has 1 N–H and O–H groups in total. The minimum absolute atomic E-state index is 0.0258. The molecule has 16 heavy (non-hydrogen) atoms. The molecule has 1 aromatic rings. The molecule has 5 nitrogen and oxygen atoms in total. The van der Waals surface area contributed by atoms with Gasteiger partial charge >= 0.3 is 6.18 Å². The first-order valence-corrected chi connectivity index (χ1v) is 4.17. The molecule has 0 aliphatic rings. The van der Waals surface area contributed by atoms with Gasteiger partial charge in [-0.3, -0.25) is 4.79 Å². The standard InChI is InChI=1S/C8H7F3N4O/c9-8(10,11)5-14-7(16)4-15-2-1-13-6(15)3-12/h1-2H,4-5H2,(H,14,16). The van der Waals surface area contributed by atoms with Crippen LogP contribution in [0.2, 0.25) is 0 Å². The Bertz CT molecular complexity index is 418. The van der Waals surface area contributed by atoms with Crippen molar-refractivity contribution in [1.29, 1.82) is 5.26 Å². The second-order valence-electron chi connectivity index (χ2n) is 2.88. The molecule has 0 fully saturated rings. The van der Waals surface area contributed by atoms with Crippen molar-refractivity contribution in [1.82, 2.24) is 14.9 Å². The van der Waals surface area contributed by atoms with E-state index in [0.29, 0.717) is 0 Å². The summed E-state index contributed by atoms with van der Waals surface area (Å²) in [6.45, 7) is -1.75. The van der Waals surface area contributed by atoms with Crippen LogP contribution in [0.15, 0.2) is 12.4 Å². The van der Waals surface area contributed by atoms with Crippen LogP contribution in [0, 0.1) is 11.3 Å². The SMILES string of the molecule is N#Cc1nccn1CC(=O)NCC(F)(F)F. The van der Waals surface area contributed by atoms with Crippen molar-refractivity contribution in [2.45, 2.75) is 12.7 Å². The Kier molecular flexibility index (Phi) is 3.50. The van der Waals surface area contributed by atoms with E-state index in [1.54, 1.807) is 11.4 Å². The van der Waals surface area contributed by atoms with Gasteiger partial charge in [0.05, 0.1) is 0 Å². The van der Waals surface area contributed by atoms with Crippen molar-refractivity contribution < 1.29 is 18.0 Å². The summed E-state index contributed by atoms with van der Waals surface area (Å²) in [7, 11) is 0. The monoisotopic (exact) mass is 232 g/mol. The van der Waals surface area contributed by atoms with Gasteiger partial charge in [0.1, 0.15) is 19.2 Å². The number of alkyl halides is 3. The second-order valence-corrected chi connectivity index (χ2v) is 2.88. The van der Waals surface area contributed by atoms with Gasteiger partial charge in [-0.15, -0.1) is 0 Å². The van der Waals surface area contributed by atoms with Gasteiger partial charge in [0.15, 0.2) is 0 Å². The van der Waals surface area contributed by atoms with Crippen LogP contribution in [0.3, 0.4) is 0 Å². The highest BCUT2D eigenvalue weighted by Crippen LogP contribution is 2.12. The lowest BCUT2D eigenvalue weighted by atomic mass is 10.5. The quantitative estimate of drug-likeness (QED) is 0.821. The summed E-state index contributed by atoms with van der Waals surface area (Å²) in [4.78, 5) is 14.7. The zero-order valence-electron chi connectivity index (χ0n) is 7.95. The summed E-state index contributed by atoms with van der Waals surface area (Å²) in [5.41, 5.74) is 0. The highest BCUT2D eigenvalue weighted by atomic mass is 19.4. The van der Waals surface area contributed by atoms with Gasteiger partial charge < -0.3 is 9.88 Å². The molecule has 0 aliphatic carbocycles. The fourth-order valence-electron chi connectivity index (χ4n) is 0.959. The van der Waals surface area contributed by atoms with Crippen LogP contribution in [0.5, 0.6) is 0 Å². The molecule has 1 amide bonds. The first kappa shape index (κ1) is 12.0. The Hall–Kier alpha value is -2.04. The highest BCUT2D eigenvalue weighted by Gasteiger charge is 2.27. The van der Waals surface area contributed by atoms with E-state index in [1.165, 1.54) is 12.4 Å². The zero-order valence-corrected chi connectivity index (χ0v) is 7.95. The van der Waals surface area contributed by atoms with Crippen LogP contribution in [0.1, 0.15) is 5.82 Å². The first-order chi connectivity index (χ1) is 7.42. The summed E-state index contributed by atoms with van der Waals surface area (Å²) in [6.07, 6.45) is -1.82. The molecule has 0 aromatic carbocycles.